The molecule has 0 aliphatic rings. The Kier molecular flexibility index (Phi) is 5.91. The predicted molar refractivity (Wildman–Crippen MR) is 107 cm³/mol. The zero-order valence-electron chi connectivity index (χ0n) is 14.6. The molecule has 3 aromatic rings. The summed E-state index contributed by atoms with van der Waals surface area (Å²) in [5.74, 6) is 0.545. The first-order valence-electron chi connectivity index (χ1n) is 8.43. The number of aryl methyl sites for hydroxylation is 1. The molecule has 1 aromatic heterocycles. The van der Waals surface area contributed by atoms with Crippen LogP contribution in [0.4, 0.5) is 0 Å². The Balaban J connectivity index is 1.84. The van der Waals surface area contributed by atoms with Crippen LogP contribution in [0, 0.1) is 6.92 Å². The van der Waals surface area contributed by atoms with Gasteiger partial charge in [0, 0.05) is 18.3 Å². The SMILES string of the molecule is Cc1cc(OCc2ccccc2CN)c(Br)c(=O)n1Cc1ccccc1. The van der Waals surface area contributed by atoms with Gasteiger partial charge in [-0.25, -0.2) is 0 Å². The van der Waals surface area contributed by atoms with Crippen molar-refractivity contribution in [3.05, 3.63) is 97.9 Å². The maximum Gasteiger partial charge on any atom is 0.269 e. The van der Waals surface area contributed by atoms with Gasteiger partial charge in [-0.2, -0.15) is 0 Å². The van der Waals surface area contributed by atoms with Gasteiger partial charge < -0.3 is 15.0 Å². The third-order valence-electron chi connectivity index (χ3n) is 4.32. The first kappa shape index (κ1) is 18.4. The van der Waals surface area contributed by atoms with E-state index >= 15 is 0 Å². The van der Waals surface area contributed by atoms with Crippen LogP contribution in [-0.4, -0.2) is 4.57 Å². The van der Waals surface area contributed by atoms with E-state index in [1.165, 1.54) is 0 Å². The molecular formula is C21H21BrN2O2. The Morgan fingerprint density at radius 1 is 1.04 bits per heavy atom. The van der Waals surface area contributed by atoms with Gasteiger partial charge in [0.2, 0.25) is 0 Å². The number of rotatable bonds is 6. The molecule has 2 aromatic carbocycles. The van der Waals surface area contributed by atoms with E-state index in [2.05, 4.69) is 15.9 Å². The van der Waals surface area contributed by atoms with Crippen molar-refractivity contribution in [2.75, 3.05) is 0 Å². The number of halogens is 1. The molecule has 5 heteroatoms. The molecule has 0 amide bonds. The molecule has 0 saturated carbocycles. The number of pyridine rings is 1. The van der Waals surface area contributed by atoms with Gasteiger partial charge in [-0.05, 0) is 39.5 Å². The summed E-state index contributed by atoms with van der Waals surface area (Å²) in [6.45, 7) is 3.27. The number of nitrogens with zero attached hydrogens (tertiary/aromatic N) is 1. The van der Waals surface area contributed by atoms with E-state index < -0.39 is 0 Å². The summed E-state index contributed by atoms with van der Waals surface area (Å²) in [4.78, 5) is 12.8. The van der Waals surface area contributed by atoms with Crippen molar-refractivity contribution in [2.24, 2.45) is 5.73 Å². The van der Waals surface area contributed by atoms with Gasteiger partial charge in [0.15, 0.2) is 0 Å². The summed E-state index contributed by atoms with van der Waals surface area (Å²) < 4.78 is 8.09. The summed E-state index contributed by atoms with van der Waals surface area (Å²) in [5.41, 5.74) is 9.66. The summed E-state index contributed by atoms with van der Waals surface area (Å²) >= 11 is 3.40. The Morgan fingerprint density at radius 2 is 1.69 bits per heavy atom. The molecule has 0 atom stereocenters. The van der Waals surface area contributed by atoms with Gasteiger partial charge in [-0.1, -0.05) is 54.6 Å². The van der Waals surface area contributed by atoms with E-state index in [9.17, 15) is 4.79 Å². The average molecular weight is 413 g/mol. The van der Waals surface area contributed by atoms with Gasteiger partial charge in [0.25, 0.3) is 5.56 Å². The number of hydrogen-bond donors (Lipinski definition) is 1. The zero-order chi connectivity index (χ0) is 18.5. The van der Waals surface area contributed by atoms with E-state index in [-0.39, 0.29) is 5.56 Å². The molecular weight excluding hydrogens is 392 g/mol. The van der Waals surface area contributed by atoms with Gasteiger partial charge in [0.1, 0.15) is 16.8 Å². The molecule has 2 N–H and O–H groups in total. The normalized spacial score (nSPS) is 10.7. The lowest BCUT2D eigenvalue weighted by Crippen LogP contribution is -2.24. The highest BCUT2D eigenvalue weighted by atomic mass is 79.9. The Morgan fingerprint density at radius 3 is 2.38 bits per heavy atom. The lowest BCUT2D eigenvalue weighted by molar-refractivity contribution is 0.301. The maximum absolute atomic E-state index is 12.8. The Hall–Kier alpha value is -2.37. The Labute approximate surface area is 161 Å². The first-order valence-corrected chi connectivity index (χ1v) is 9.23. The molecule has 0 spiro atoms. The first-order chi connectivity index (χ1) is 12.6. The number of nitrogens with two attached hydrogens (primary N) is 1. The van der Waals surface area contributed by atoms with E-state index in [4.69, 9.17) is 10.5 Å². The van der Waals surface area contributed by atoms with Crippen LogP contribution in [0.3, 0.4) is 0 Å². The van der Waals surface area contributed by atoms with Crippen molar-refractivity contribution in [3.8, 4) is 5.75 Å². The molecule has 4 nitrogen and oxygen atoms in total. The van der Waals surface area contributed by atoms with Crippen LogP contribution in [0.25, 0.3) is 0 Å². The largest absolute Gasteiger partial charge is 0.487 e. The summed E-state index contributed by atoms with van der Waals surface area (Å²) in [6.07, 6.45) is 0. The van der Waals surface area contributed by atoms with Crippen molar-refractivity contribution >= 4 is 15.9 Å². The standard InChI is InChI=1S/C21H21BrN2O2/c1-15-11-19(26-14-18-10-6-5-9-17(18)12-23)20(22)21(25)24(15)13-16-7-3-2-4-8-16/h2-11H,12-14,23H2,1H3. The van der Waals surface area contributed by atoms with Gasteiger partial charge >= 0.3 is 0 Å². The van der Waals surface area contributed by atoms with Crippen LogP contribution in [-0.2, 0) is 19.7 Å². The number of aromatic nitrogens is 1. The molecule has 0 fully saturated rings. The number of benzene rings is 2. The van der Waals surface area contributed by atoms with E-state index in [0.717, 1.165) is 22.4 Å². The van der Waals surface area contributed by atoms with Gasteiger partial charge in [0.05, 0.1) is 6.54 Å². The molecule has 0 radical (unpaired) electrons. The molecule has 0 bridgehead atoms. The predicted octanol–water partition coefficient (Wildman–Crippen LogP) is 4.01. The minimum absolute atomic E-state index is 0.101. The molecule has 0 saturated heterocycles. The topological polar surface area (TPSA) is 57.2 Å². The second-order valence-corrected chi connectivity index (χ2v) is 6.90. The monoisotopic (exact) mass is 412 g/mol. The maximum atomic E-state index is 12.8. The fourth-order valence-corrected chi connectivity index (χ4v) is 3.28. The van der Waals surface area contributed by atoms with Crippen molar-refractivity contribution in [2.45, 2.75) is 26.6 Å². The van der Waals surface area contributed by atoms with Crippen molar-refractivity contribution in [1.29, 1.82) is 0 Å². The lowest BCUT2D eigenvalue weighted by atomic mass is 10.1. The minimum atomic E-state index is -0.101. The highest BCUT2D eigenvalue weighted by molar-refractivity contribution is 9.10. The smallest absolute Gasteiger partial charge is 0.269 e. The van der Waals surface area contributed by atoms with Crippen LogP contribution in [0.1, 0.15) is 22.4 Å². The van der Waals surface area contributed by atoms with Gasteiger partial charge in [-0.3, -0.25) is 4.79 Å². The molecule has 0 aliphatic carbocycles. The highest BCUT2D eigenvalue weighted by Gasteiger charge is 2.13. The fourth-order valence-electron chi connectivity index (χ4n) is 2.84. The van der Waals surface area contributed by atoms with E-state index in [1.54, 1.807) is 4.57 Å². The third-order valence-corrected chi connectivity index (χ3v) is 5.05. The van der Waals surface area contributed by atoms with Crippen molar-refractivity contribution < 1.29 is 4.74 Å². The molecule has 1 heterocycles. The van der Waals surface area contributed by atoms with E-state index in [1.807, 2.05) is 67.6 Å². The highest BCUT2D eigenvalue weighted by Crippen LogP contribution is 2.24. The third kappa shape index (κ3) is 4.06. The van der Waals surface area contributed by atoms with Gasteiger partial charge in [-0.15, -0.1) is 0 Å². The number of ether oxygens (including phenoxy) is 1. The second kappa shape index (κ2) is 8.34. The van der Waals surface area contributed by atoms with Crippen LogP contribution in [0.5, 0.6) is 5.75 Å². The average Bonchev–Trinajstić information content (AvgIpc) is 2.68. The summed E-state index contributed by atoms with van der Waals surface area (Å²) in [7, 11) is 0. The summed E-state index contributed by atoms with van der Waals surface area (Å²) in [6, 6.07) is 19.7. The number of hydrogen-bond acceptors (Lipinski definition) is 3. The molecule has 26 heavy (non-hydrogen) atoms. The van der Waals surface area contributed by atoms with E-state index in [0.29, 0.717) is 29.9 Å². The zero-order valence-corrected chi connectivity index (χ0v) is 16.2. The molecule has 3 rings (SSSR count). The fraction of sp³-hybridized carbons (Fsp3) is 0.190. The molecule has 0 unspecified atom stereocenters. The van der Waals surface area contributed by atoms with Crippen LogP contribution in [0.2, 0.25) is 0 Å². The Bertz CT molecular complexity index is 952. The molecule has 0 aliphatic heterocycles. The summed E-state index contributed by atoms with van der Waals surface area (Å²) in [5, 5.41) is 0. The van der Waals surface area contributed by atoms with Crippen LogP contribution in [0.15, 0.2) is 69.9 Å². The lowest BCUT2D eigenvalue weighted by Gasteiger charge is -2.15. The van der Waals surface area contributed by atoms with Crippen molar-refractivity contribution in [3.63, 3.8) is 0 Å². The van der Waals surface area contributed by atoms with Crippen LogP contribution >= 0.6 is 15.9 Å². The van der Waals surface area contributed by atoms with Crippen LogP contribution < -0.4 is 16.0 Å². The van der Waals surface area contributed by atoms with Crippen molar-refractivity contribution in [1.82, 2.24) is 4.57 Å². The molecule has 134 valence electrons. The quantitative estimate of drug-likeness (QED) is 0.665. The second-order valence-electron chi connectivity index (χ2n) is 6.10. The minimum Gasteiger partial charge on any atom is -0.487 e.